The third-order valence-electron chi connectivity index (χ3n) is 7.86. The van der Waals surface area contributed by atoms with Gasteiger partial charge >= 0.3 is 99.8 Å². The van der Waals surface area contributed by atoms with Crippen LogP contribution < -0.4 is 4.40 Å². The average Bonchev–Trinajstić information content (AvgIpc) is 3.45. The quantitative estimate of drug-likeness (QED) is 0.127. The summed E-state index contributed by atoms with van der Waals surface area (Å²) in [4.78, 5) is 9.22. The Labute approximate surface area is 287 Å². The third kappa shape index (κ3) is 7.37. The van der Waals surface area contributed by atoms with E-state index < -0.39 is 13.3 Å². The number of hydrogen-bond donors (Lipinski definition) is 0. The smallest absolute Gasteiger partial charge is 0 e. The van der Waals surface area contributed by atoms with Gasteiger partial charge in [-0.1, -0.05) is 90.5 Å². The summed E-state index contributed by atoms with van der Waals surface area (Å²) in [7, 11) is 0. The van der Waals surface area contributed by atoms with Gasteiger partial charge in [-0.25, -0.2) is 0 Å². The summed E-state index contributed by atoms with van der Waals surface area (Å²) in [5, 5.41) is 2.61. The van der Waals surface area contributed by atoms with Crippen LogP contribution in [0.2, 0.25) is 17.3 Å². The molecule has 2 nitrogen and oxygen atoms in total. The molecule has 7 aromatic rings. The molecule has 5 heteroatoms. The van der Waals surface area contributed by atoms with Crippen molar-refractivity contribution in [3.63, 3.8) is 0 Å². The van der Waals surface area contributed by atoms with E-state index in [0.717, 1.165) is 22.5 Å². The van der Waals surface area contributed by atoms with Crippen LogP contribution in [0, 0.1) is 12.1 Å². The summed E-state index contributed by atoms with van der Waals surface area (Å²) in [6.07, 6.45) is 3.96. The molecular weight excluding hydrogens is 805 g/mol. The van der Waals surface area contributed by atoms with E-state index in [2.05, 4.69) is 133 Å². The molecule has 0 N–H and O–H groups in total. The van der Waals surface area contributed by atoms with Gasteiger partial charge in [0.2, 0.25) is 0 Å². The molecule has 0 bridgehead atoms. The molecule has 7 rings (SSSR count). The molecule has 0 unspecified atom stereocenters. The van der Waals surface area contributed by atoms with Crippen molar-refractivity contribution >= 4 is 49.2 Å². The Morgan fingerprint density at radius 1 is 0.756 bits per heavy atom. The molecule has 0 aliphatic carbocycles. The molecule has 4 aromatic carbocycles. The van der Waals surface area contributed by atoms with E-state index in [9.17, 15) is 0 Å². The van der Waals surface area contributed by atoms with E-state index in [1.807, 2.05) is 48.0 Å². The van der Waals surface area contributed by atoms with Crippen LogP contribution in [0.1, 0.15) is 25.3 Å². The Morgan fingerprint density at radius 3 is 2.20 bits per heavy atom. The van der Waals surface area contributed by atoms with Crippen LogP contribution in [-0.4, -0.2) is 23.2 Å². The summed E-state index contributed by atoms with van der Waals surface area (Å²) in [6, 6.07) is 44.8. The van der Waals surface area contributed by atoms with Crippen molar-refractivity contribution in [2.45, 2.75) is 37.0 Å². The number of hydrogen-bond acceptors (Lipinski definition) is 3. The number of nitrogens with zero attached hydrogens (tertiary/aromatic N) is 2. The summed E-state index contributed by atoms with van der Waals surface area (Å²) in [5.74, 6) is 7.62. The van der Waals surface area contributed by atoms with E-state index in [-0.39, 0.29) is 20.1 Å². The fourth-order valence-corrected chi connectivity index (χ4v) is 8.70. The SMILES string of the molecule is CC(C)c1ccnc(-c2[c-]cc(-c3ccccc3)c3c2sc2ccccc23)c1.[CH3][Ge]([CH3])([CH3])[c]1ccc(-c2[c-]cccc2)nc1.[Ir]. The molecule has 3 aromatic heterocycles. The normalized spacial score (nSPS) is 11.2. The van der Waals surface area contributed by atoms with E-state index in [0.29, 0.717) is 5.92 Å². The maximum Gasteiger partial charge on any atom is 0 e. The first-order valence-corrected chi connectivity index (χ1v) is 23.3. The summed E-state index contributed by atoms with van der Waals surface area (Å²) < 4.78 is 4.01. The van der Waals surface area contributed by atoms with Gasteiger partial charge in [0, 0.05) is 31.0 Å². The molecule has 1 radical (unpaired) electrons. The maximum absolute atomic E-state index is 4.69. The Morgan fingerprint density at radius 2 is 1.51 bits per heavy atom. The first-order chi connectivity index (χ1) is 21.3. The molecule has 0 amide bonds. The Hall–Kier alpha value is -3.41. The molecule has 0 aliphatic heterocycles. The first-order valence-electron chi connectivity index (χ1n) is 15.1. The van der Waals surface area contributed by atoms with Gasteiger partial charge in [-0.15, -0.1) is 17.7 Å². The van der Waals surface area contributed by atoms with Gasteiger partial charge in [-0.05, 0) is 33.8 Å². The Kier molecular flexibility index (Phi) is 10.5. The Bertz CT molecular complexity index is 2010. The van der Waals surface area contributed by atoms with Gasteiger partial charge in [0.05, 0.1) is 0 Å². The minimum Gasteiger partial charge on any atom is 0 e. The average molecular weight is 842 g/mol. The zero-order chi connectivity index (χ0) is 30.7. The fourth-order valence-electron chi connectivity index (χ4n) is 5.30. The minimum atomic E-state index is -1.72. The van der Waals surface area contributed by atoms with Crippen molar-refractivity contribution in [2.24, 2.45) is 0 Å². The van der Waals surface area contributed by atoms with Crippen molar-refractivity contribution in [1.82, 2.24) is 9.97 Å². The standard InChI is InChI=1S/C26H20NS.C14H16GeN.Ir/c1-17(2)19-14-15-27-23(16-19)21-13-12-20(18-8-4-3-5-9-18)25-22-10-6-7-11-24(22)28-26(21)25;1-15(2,3)13-9-10-14(16-11-13)12-7-5-4-6-8-12;/h3-12,14-17H,1-2H3;4-7,9-11H,1-3H3;/q2*-1;. The number of rotatable bonds is 5. The number of thiophene rings is 1. The molecule has 45 heavy (non-hydrogen) atoms. The van der Waals surface area contributed by atoms with E-state index in [4.69, 9.17) is 4.98 Å². The van der Waals surface area contributed by atoms with E-state index in [1.54, 1.807) is 0 Å². The largest absolute Gasteiger partial charge is 0 e. The Balaban J connectivity index is 0.000000202. The second-order valence-electron chi connectivity index (χ2n) is 12.3. The predicted molar refractivity (Wildman–Crippen MR) is 192 cm³/mol. The van der Waals surface area contributed by atoms with E-state index in [1.165, 1.54) is 41.3 Å². The summed E-state index contributed by atoms with van der Waals surface area (Å²) >= 11 is 0.119. The number of benzene rings is 4. The topological polar surface area (TPSA) is 25.8 Å². The van der Waals surface area contributed by atoms with Crippen molar-refractivity contribution in [2.75, 3.05) is 0 Å². The van der Waals surface area contributed by atoms with Gasteiger partial charge < -0.3 is 4.98 Å². The van der Waals surface area contributed by atoms with Gasteiger partial charge in [0.25, 0.3) is 0 Å². The van der Waals surface area contributed by atoms with Crippen LogP contribution in [0.15, 0.2) is 122 Å². The van der Waals surface area contributed by atoms with Crippen LogP contribution in [0.4, 0.5) is 0 Å². The first kappa shape index (κ1) is 33.0. The van der Waals surface area contributed by atoms with Gasteiger partial charge in [-0.2, -0.15) is 11.3 Å². The third-order valence-corrected chi connectivity index (χ3v) is 13.3. The monoisotopic (exact) mass is 843 g/mol. The van der Waals surface area contributed by atoms with Gasteiger partial charge in [-0.3, -0.25) is 0 Å². The van der Waals surface area contributed by atoms with Gasteiger partial charge in [0.1, 0.15) is 0 Å². The van der Waals surface area contributed by atoms with E-state index >= 15 is 0 Å². The van der Waals surface area contributed by atoms with Crippen LogP contribution in [0.25, 0.3) is 53.8 Å². The zero-order valence-corrected chi connectivity index (χ0v) is 31.6. The molecule has 0 saturated carbocycles. The molecule has 3 heterocycles. The second-order valence-corrected chi connectivity index (χ2v) is 24.0. The zero-order valence-electron chi connectivity index (χ0n) is 26.3. The van der Waals surface area contributed by atoms with Crippen LogP contribution >= 0.6 is 11.3 Å². The van der Waals surface area contributed by atoms with Crippen molar-refractivity contribution < 1.29 is 20.1 Å². The molecule has 0 aliphatic rings. The molecule has 0 spiro atoms. The van der Waals surface area contributed by atoms with Crippen LogP contribution in [-0.2, 0) is 20.1 Å². The van der Waals surface area contributed by atoms with Crippen molar-refractivity contribution in [3.05, 3.63) is 139 Å². The fraction of sp³-hybridized carbons (Fsp3) is 0.150. The summed E-state index contributed by atoms with van der Waals surface area (Å²) in [5.41, 5.74) is 7.94. The van der Waals surface area contributed by atoms with Crippen molar-refractivity contribution in [3.8, 4) is 33.6 Å². The number of fused-ring (bicyclic) bond motifs is 3. The van der Waals surface area contributed by atoms with Gasteiger partial charge in [0.15, 0.2) is 0 Å². The molecule has 0 fully saturated rings. The van der Waals surface area contributed by atoms with Crippen LogP contribution in [0.5, 0.6) is 0 Å². The molecule has 0 atom stereocenters. The maximum atomic E-state index is 4.69. The predicted octanol–water partition coefficient (Wildman–Crippen LogP) is 10.8. The molecule has 0 saturated heterocycles. The molecular formula is C40H36GeIrN2S-2. The summed E-state index contributed by atoms with van der Waals surface area (Å²) in [6.45, 7) is 4.44. The number of pyridine rings is 2. The number of aromatic nitrogens is 2. The minimum absolute atomic E-state index is 0. The molecule has 227 valence electrons. The van der Waals surface area contributed by atoms with Crippen molar-refractivity contribution in [1.29, 1.82) is 0 Å². The second kappa shape index (κ2) is 14.3. The van der Waals surface area contributed by atoms with Crippen LogP contribution in [0.3, 0.4) is 0 Å².